The second kappa shape index (κ2) is 8.73. The van der Waals surface area contributed by atoms with Gasteiger partial charge in [-0.3, -0.25) is 4.79 Å². The molecule has 7 nitrogen and oxygen atoms in total. The van der Waals surface area contributed by atoms with Crippen LogP contribution < -0.4 is 25.4 Å². The molecule has 4 atom stereocenters. The fourth-order valence-corrected chi connectivity index (χ4v) is 6.17. The fourth-order valence-electron chi connectivity index (χ4n) is 4.62. The van der Waals surface area contributed by atoms with Crippen molar-refractivity contribution >= 4 is 23.7 Å². The Labute approximate surface area is 175 Å². The predicted octanol–water partition coefficient (Wildman–Crippen LogP) is 2.53. The molecule has 4 rings (SSSR count). The lowest BCUT2D eigenvalue weighted by atomic mass is 10.0. The van der Waals surface area contributed by atoms with Gasteiger partial charge in [0.25, 0.3) is 0 Å². The molecule has 0 radical (unpaired) electrons. The van der Waals surface area contributed by atoms with Crippen LogP contribution in [0.15, 0.2) is 12.1 Å². The first-order valence-electron chi connectivity index (χ1n) is 10.3. The van der Waals surface area contributed by atoms with Gasteiger partial charge in [-0.15, -0.1) is 0 Å². The van der Waals surface area contributed by atoms with Gasteiger partial charge in [-0.1, -0.05) is 6.42 Å². The number of nitrogens with one attached hydrogen (secondary N) is 3. The van der Waals surface area contributed by atoms with Crippen molar-refractivity contribution in [3.63, 3.8) is 0 Å². The van der Waals surface area contributed by atoms with Crippen molar-refractivity contribution < 1.29 is 19.1 Å². The molecule has 1 aromatic carbocycles. The van der Waals surface area contributed by atoms with Gasteiger partial charge < -0.3 is 25.4 Å². The van der Waals surface area contributed by atoms with Crippen molar-refractivity contribution in [2.75, 3.05) is 20.0 Å². The summed E-state index contributed by atoms with van der Waals surface area (Å²) in [5.41, 5.74) is 2.35. The lowest BCUT2D eigenvalue weighted by Crippen LogP contribution is -2.36. The second-order valence-corrected chi connectivity index (χ2v) is 9.20. The number of carbonyl (C=O) groups is 2. The number of aryl methyl sites for hydroxylation is 1. The molecule has 8 heteroatoms. The highest BCUT2D eigenvalue weighted by molar-refractivity contribution is 8.00. The van der Waals surface area contributed by atoms with Crippen molar-refractivity contribution in [2.24, 2.45) is 0 Å². The first kappa shape index (κ1) is 20.2. The number of hydrogen-bond donors (Lipinski definition) is 3. The van der Waals surface area contributed by atoms with Gasteiger partial charge in [-0.25, -0.2) is 4.79 Å². The molecule has 3 aliphatic rings. The van der Waals surface area contributed by atoms with E-state index in [2.05, 4.69) is 16.0 Å². The summed E-state index contributed by atoms with van der Waals surface area (Å²) in [4.78, 5) is 23.9. The summed E-state index contributed by atoms with van der Waals surface area (Å²) >= 11 is 1.92. The Balaban J connectivity index is 1.23. The minimum atomic E-state index is -0.0456. The van der Waals surface area contributed by atoms with E-state index in [0.717, 1.165) is 49.2 Å². The number of ether oxygens (including phenoxy) is 2. The molecule has 0 aromatic heterocycles. The molecule has 2 fully saturated rings. The summed E-state index contributed by atoms with van der Waals surface area (Å²) in [6, 6.07) is 4.51. The first-order valence-corrected chi connectivity index (χ1v) is 11.4. The highest BCUT2D eigenvalue weighted by Gasteiger charge is 2.42. The predicted molar refractivity (Wildman–Crippen MR) is 113 cm³/mol. The van der Waals surface area contributed by atoms with Crippen molar-refractivity contribution in [3.05, 3.63) is 23.3 Å². The van der Waals surface area contributed by atoms with Crippen molar-refractivity contribution in [2.45, 2.75) is 61.9 Å². The molecule has 1 aliphatic carbocycles. The molecule has 0 unspecified atom stereocenters. The van der Waals surface area contributed by atoms with Crippen molar-refractivity contribution in [3.8, 4) is 11.5 Å². The summed E-state index contributed by atoms with van der Waals surface area (Å²) in [6.45, 7) is 0. The van der Waals surface area contributed by atoms with Crippen LogP contribution in [0, 0.1) is 0 Å². The van der Waals surface area contributed by atoms with Crippen LogP contribution in [0.5, 0.6) is 11.5 Å². The van der Waals surface area contributed by atoms with Gasteiger partial charge in [0.05, 0.1) is 32.3 Å². The van der Waals surface area contributed by atoms with Gasteiger partial charge in [0, 0.05) is 17.4 Å². The number of carbonyl (C=O) groups excluding carboxylic acids is 2. The normalized spacial score (nSPS) is 27.0. The van der Waals surface area contributed by atoms with Crippen LogP contribution in [0.1, 0.15) is 49.3 Å². The summed E-state index contributed by atoms with van der Waals surface area (Å²) in [5, 5.41) is 9.63. The monoisotopic (exact) mass is 419 g/mol. The highest BCUT2D eigenvalue weighted by atomic mass is 32.2. The van der Waals surface area contributed by atoms with Gasteiger partial charge in [0.1, 0.15) is 0 Å². The zero-order valence-corrected chi connectivity index (χ0v) is 17.8. The van der Waals surface area contributed by atoms with E-state index in [0.29, 0.717) is 17.4 Å². The largest absolute Gasteiger partial charge is 0.493 e. The molecule has 0 bridgehead atoms. The maximum absolute atomic E-state index is 12.5. The molecule has 158 valence electrons. The number of urea groups is 1. The number of hydrogen-bond acceptors (Lipinski definition) is 5. The molecule has 29 heavy (non-hydrogen) atoms. The quantitative estimate of drug-likeness (QED) is 0.445. The molecule has 2 saturated heterocycles. The average Bonchev–Trinajstić information content (AvgIpc) is 3.39. The Morgan fingerprint density at radius 2 is 2.00 bits per heavy atom. The maximum atomic E-state index is 12.5. The highest BCUT2D eigenvalue weighted by Crippen LogP contribution is 2.39. The molecule has 3 N–H and O–H groups in total. The van der Waals surface area contributed by atoms with E-state index >= 15 is 0 Å². The lowest BCUT2D eigenvalue weighted by molar-refractivity contribution is -0.122. The summed E-state index contributed by atoms with van der Waals surface area (Å²) in [5.74, 6) is 2.52. The third-order valence-corrected chi connectivity index (χ3v) is 7.65. The Morgan fingerprint density at radius 3 is 2.79 bits per heavy atom. The Kier molecular flexibility index (Phi) is 6.08. The number of unbranched alkanes of at least 4 members (excludes halogenated alkanes) is 1. The standard InChI is InChI=1S/C21H29N3O4S/c1-27-16-9-12-7-8-14(13(12)10-17(16)28-2)22-19(25)6-4-3-5-18-20-15(11-29-18)23-21(26)24-20/h9-10,14-15,18,20H,3-8,11H2,1-2H3,(H,22,25)(H2,23,24,26)/t14-,15-,18+,20-/m0/s1. The molecule has 3 amide bonds. The smallest absolute Gasteiger partial charge is 0.315 e. The summed E-state index contributed by atoms with van der Waals surface area (Å²) in [6.07, 6.45) is 5.27. The molecular formula is C21H29N3O4S. The Hall–Kier alpha value is -2.09. The van der Waals surface area contributed by atoms with Crippen LogP contribution in [0.4, 0.5) is 4.79 Å². The minimum absolute atomic E-state index is 0.0447. The van der Waals surface area contributed by atoms with Crippen molar-refractivity contribution in [1.29, 1.82) is 0 Å². The molecule has 1 aromatic rings. The van der Waals surface area contributed by atoms with Gasteiger partial charge in [-0.05, 0) is 48.9 Å². The van der Waals surface area contributed by atoms with E-state index in [-0.39, 0.29) is 30.1 Å². The first-order chi connectivity index (χ1) is 14.1. The van der Waals surface area contributed by atoms with Crippen LogP contribution in [0.2, 0.25) is 0 Å². The molecule has 2 heterocycles. The maximum Gasteiger partial charge on any atom is 0.315 e. The van der Waals surface area contributed by atoms with E-state index in [9.17, 15) is 9.59 Å². The topological polar surface area (TPSA) is 88.7 Å². The number of thioether (sulfide) groups is 1. The van der Waals surface area contributed by atoms with Crippen molar-refractivity contribution in [1.82, 2.24) is 16.0 Å². The molecule has 2 aliphatic heterocycles. The molecule has 0 saturated carbocycles. The molecule has 0 spiro atoms. The van der Waals surface area contributed by atoms with Crippen LogP contribution in [-0.4, -0.2) is 49.2 Å². The number of amides is 3. The van der Waals surface area contributed by atoms with Crippen LogP contribution in [0.25, 0.3) is 0 Å². The fraction of sp³-hybridized carbons (Fsp3) is 0.619. The zero-order valence-electron chi connectivity index (χ0n) is 17.0. The average molecular weight is 420 g/mol. The van der Waals surface area contributed by atoms with Crippen LogP contribution >= 0.6 is 11.8 Å². The number of benzene rings is 1. The zero-order chi connectivity index (χ0) is 20.4. The van der Waals surface area contributed by atoms with E-state index in [4.69, 9.17) is 9.47 Å². The van der Waals surface area contributed by atoms with Crippen LogP contribution in [0.3, 0.4) is 0 Å². The number of rotatable bonds is 8. The SMILES string of the molecule is COc1cc2c(cc1OC)[C@@H](NC(=O)CCCC[C@H]1SC[C@@H]3NC(=O)N[C@@H]31)CC2. The third-order valence-electron chi connectivity index (χ3n) is 6.14. The van der Waals surface area contributed by atoms with E-state index in [1.54, 1.807) is 14.2 Å². The molecular weight excluding hydrogens is 390 g/mol. The van der Waals surface area contributed by atoms with E-state index in [1.807, 2.05) is 23.9 Å². The summed E-state index contributed by atoms with van der Waals surface area (Å²) in [7, 11) is 3.27. The summed E-state index contributed by atoms with van der Waals surface area (Å²) < 4.78 is 10.8. The third kappa shape index (κ3) is 4.27. The Bertz CT molecular complexity index is 787. The Morgan fingerprint density at radius 1 is 1.21 bits per heavy atom. The lowest BCUT2D eigenvalue weighted by Gasteiger charge is -2.17. The van der Waals surface area contributed by atoms with Gasteiger partial charge in [0.2, 0.25) is 5.91 Å². The van der Waals surface area contributed by atoms with E-state index < -0.39 is 0 Å². The van der Waals surface area contributed by atoms with E-state index in [1.165, 1.54) is 5.56 Å². The second-order valence-electron chi connectivity index (χ2n) is 7.93. The number of fused-ring (bicyclic) bond motifs is 2. The van der Waals surface area contributed by atoms with Gasteiger partial charge in [-0.2, -0.15) is 11.8 Å². The van der Waals surface area contributed by atoms with Gasteiger partial charge in [0.15, 0.2) is 11.5 Å². The number of methoxy groups -OCH3 is 2. The van der Waals surface area contributed by atoms with Gasteiger partial charge >= 0.3 is 6.03 Å². The minimum Gasteiger partial charge on any atom is -0.493 e. The van der Waals surface area contributed by atoms with Crippen LogP contribution in [-0.2, 0) is 11.2 Å².